The molecule has 0 aliphatic carbocycles. The van der Waals surface area contributed by atoms with Crippen molar-refractivity contribution in [2.45, 2.75) is 13.8 Å². The zero-order valence-corrected chi connectivity index (χ0v) is 17.8. The lowest BCUT2D eigenvalue weighted by atomic mass is 10.1. The summed E-state index contributed by atoms with van der Waals surface area (Å²) < 4.78 is 10.3. The van der Waals surface area contributed by atoms with Gasteiger partial charge in [-0.2, -0.15) is 5.26 Å². The number of benzene rings is 1. The normalized spacial score (nSPS) is 13.4. The van der Waals surface area contributed by atoms with Gasteiger partial charge < -0.3 is 19.7 Å². The number of esters is 1. The first-order chi connectivity index (χ1) is 14.9. The van der Waals surface area contributed by atoms with Crippen molar-refractivity contribution >= 4 is 39.6 Å². The van der Waals surface area contributed by atoms with E-state index in [0.717, 1.165) is 11.3 Å². The van der Waals surface area contributed by atoms with Gasteiger partial charge in [-0.3, -0.25) is 14.9 Å². The van der Waals surface area contributed by atoms with Crippen molar-refractivity contribution in [3.05, 3.63) is 49.9 Å². The molecule has 0 unspecified atom stereocenters. The molecule has 0 radical (unpaired) electrons. The highest BCUT2D eigenvalue weighted by Crippen LogP contribution is 2.34. The molecule has 1 amide bonds. The number of carbonyl (C=O) groups excluding carboxylic acids is 2. The Hall–Kier alpha value is -3.49. The number of anilines is 2. The Morgan fingerprint density at radius 2 is 2.10 bits per heavy atom. The summed E-state index contributed by atoms with van der Waals surface area (Å²) in [6.07, 6.45) is 0. The van der Waals surface area contributed by atoms with Crippen molar-refractivity contribution in [1.82, 2.24) is 0 Å². The third-order valence-corrected chi connectivity index (χ3v) is 5.92. The average molecular weight is 444 g/mol. The number of nitro benzene ring substituents is 1. The van der Waals surface area contributed by atoms with Crippen LogP contribution in [0.3, 0.4) is 0 Å². The number of carbonyl (C=O) groups is 2. The fourth-order valence-electron chi connectivity index (χ4n) is 3.19. The summed E-state index contributed by atoms with van der Waals surface area (Å²) >= 11 is 0.933. The number of hydrogen-bond donors (Lipinski definition) is 1. The van der Waals surface area contributed by atoms with Gasteiger partial charge in [0.1, 0.15) is 21.6 Å². The van der Waals surface area contributed by atoms with Crippen molar-refractivity contribution < 1.29 is 24.0 Å². The fraction of sp³-hybridized carbons (Fsp3) is 0.350. The Kier molecular flexibility index (Phi) is 6.84. The average Bonchev–Trinajstić information content (AvgIpc) is 3.08. The molecule has 0 spiro atoms. The minimum Gasteiger partial charge on any atom is -0.462 e. The number of ether oxygens (including phenoxy) is 2. The highest BCUT2D eigenvalue weighted by Gasteiger charge is 2.25. The molecule has 31 heavy (non-hydrogen) atoms. The maximum Gasteiger partial charge on any atom is 0.348 e. The molecule has 162 valence electrons. The molecule has 11 heteroatoms. The third kappa shape index (κ3) is 4.65. The van der Waals surface area contributed by atoms with Gasteiger partial charge in [0.15, 0.2) is 0 Å². The van der Waals surface area contributed by atoms with E-state index in [1.807, 2.05) is 11.0 Å². The quantitative estimate of drug-likeness (QED) is 0.408. The summed E-state index contributed by atoms with van der Waals surface area (Å²) in [7, 11) is 0. The maximum atomic E-state index is 12.8. The molecule has 1 aliphatic heterocycles. The van der Waals surface area contributed by atoms with Gasteiger partial charge in [-0.25, -0.2) is 4.79 Å². The molecule has 1 aromatic carbocycles. The van der Waals surface area contributed by atoms with E-state index >= 15 is 0 Å². The number of nitrogens with zero attached hydrogens (tertiary/aromatic N) is 3. The van der Waals surface area contributed by atoms with Crippen molar-refractivity contribution in [1.29, 1.82) is 5.26 Å². The van der Waals surface area contributed by atoms with E-state index in [4.69, 9.17) is 9.47 Å². The zero-order chi connectivity index (χ0) is 22.5. The maximum absolute atomic E-state index is 12.8. The Labute approximate surface area is 182 Å². The number of morpholine rings is 1. The van der Waals surface area contributed by atoms with Gasteiger partial charge >= 0.3 is 5.97 Å². The molecular formula is C20H20N4O6S. The number of nitriles is 1. The highest BCUT2D eigenvalue weighted by atomic mass is 32.1. The second kappa shape index (κ2) is 9.55. The Morgan fingerprint density at radius 1 is 1.39 bits per heavy atom. The number of thiophene rings is 1. The van der Waals surface area contributed by atoms with Crippen LogP contribution >= 0.6 is 11.3 Å². The first kappa shape index (κ1) is 22.2. The Balaban J connectivity index is 1.89. The molecule has 1 N–H and O–H groups in total. The lowest BCUT2D eigenvalue weighted by molar-refractivity contribution is -0.384. The van der Waals surface area contributed by atoms with E-state index in [0.29, 0.717) is 37.6 Å². The summed E-state index contributed by atoms with van der Waals surface area (Å²) in [6.45, 7) is 5.42. The van der Waals surface area contributed by atoms with Gasteiger partial charge in [-0.15, -0.1) is 11.3 Å². The molecule has 0 saturated carbocycles. The molecule has 2 aromatic rings. The predicted molar refractivity (Wildman–Crippen MR) is 114 cm³/mol. The third-order valence-electron chi connectivity index (χ3n) is 4.73. The standard InChI is InChI=1S/C20H20N4O6S/c1-3-30-20(26)17-12(2)14(11-21)19(31-17)22-18(25)13-4-5-15(16(10-13)24(27)28)23-6-8-29-9-7-23/h4-5,10H,3,6-9H2,1-2H3,(H,22,25). The predicted octanol–water partition coefficient (Wildman–Crippen LogP) is 3.10. The number of nitrogens with one attached hydrogen (secondary N) is 1. The van der Waals surface area contributed by atoms with Crippen LogP contribution in [0.5, 0.6) is 0 Å². The number of nitro groups is 1. The fourth-order valence-corrected chi connectivity index (χ4v) is 4.23. The monoisotopic (exact) mass is 444 g/mol. The molecule has 0 atom stereocenters. The van der Waals surface area contributed by atoms with E-state index in [-0.39, 0.29) is 33.3 Å². The van der Waals surface area contributed by atoms with E-state index < -0.39 is 16.8 Å². The van der Waals surface area contributed by atoms with E-state index in [2.05, 4.69) is 5.32 Å². The largest absolute Gasteiger partial charge is 0.462 e. The van der Waals surface area contributed by atoms with Gasteiger partial charge in [0.2, 0.25) is 0 Å². The second-order valence-corrected chi connectivity index (χ2v) is 7.63. The zero-order valence-electron chi connectivity index (χ0n) is 17.0. The van der Waals surface area contributed by atoms with Crippen LogP contribution in [0, 0.1) is 28.4 Å². The Bertz CT molecular complexity index is 1070. The van der Waals surface area contributed by atoms with Crippen LogP contribution in [0.2, 0.25) is 0 Å². The SMILES string of the molecule is CCOC(=O)c1sc(NC(=O)c2ccc(N3CCOCC3)c([N+](=O)[O-])c2)c(C#N)c1C. The molecule has 2 heterocycles. The van der Waals surface area contributed by atoms with Crippen molar-refractivity contribution in [2.24, 2.45) is 0 Å². The summed E-state index contributed by atoms with van der Waals surface area (Å²) in [5, 5.41) is 23.8. The van der Waals surface area contributed by atoms with Gasteiger partial charge in [-0.1, -0.05) is 0 Å². The summed E-state index contributed by atoms with van der Waals surface area (Å²) in [5.74, 6) is -1.20. The first-order valence-corrected chi connectivity index (χ1v) is 10.3. The molecule has 1 fully saturated rings. The minimum atomic E-state index is -0.621. The van der Waals surface area contributed by atoms with Gasteiger partial charge in [0.25, 0.3) is 11.6 Å². The first-order valence-electron chi connectivity index (χ1n) is 9.50. The molecule has 10 nitrogen and oxygen atoms in total. The van der Waals surface area contributed by atoms with Crippen LogP contribution in [0.4, 0.5) is 16.4 Å². The van der Waals surface area contributed by atoms with Crippen LogP contribution < -0.4 is 10.2 Å². The molecular weight excluding hydrogens is 424 g/mol. The lowest BCUT2D eigenvalue weighted by Crippen LogP contribution is -2.36. The van der Waals surface area contributed by atoms with Crippen LogP contribution in [-0.4, -0.2) is 49.7 Å². The van der Waals surface area contributed by atoms with Crippen LogP contribution in [-0.2, 0) is 9.47 Å². The topological polar surface area (TPSA) is 135 Å². The van der Waals surface area contributed by atoms with E-state index in [1.165, 1.54) is 18.2 Å². The number of rotatable bonds is 6. The smallest absolute Gasteiger partial charge is 0.348 e. The number of amides is 1. The molecule has 1 saturated heterocycles. The van der Waals surface area contributed by atoms with Gasteiger partial charge in [-0.05, 0) is 31.5 Å². The summed E-state index contributed by atoms with van der Waals surface area (Å²) in [5.41, 5.74) is 0.857. The second-order valence-electron chi connectivity index (χ2n) is 6.61. The van der Waals surface area contributed by atoms with Crippen molar-refractivity contribution in [3.63, 3.8) is 0 Å². The van der Waals surface area contributed by atoms with Crippen molar-refractivity contribution in [2.75, 3.05) is 43.1 Å². The van der Waals surface area contributed by atoms with Gasteiger partial charge in [0.05, 0.1) is 30.3 Å². The van der Waals surface area contributed by atoms with E-state index in [9.17, 15) is 25.0 Å². The van der Waals surface area contributed by atoms with Crippen molar-refractivity contribution in [3.8, 4) is 6.07 Å². The van der Waals surface area contributed by atoms with Crippen LogP contribution in [0.25, 0.3) is 0 Å². The Morgan fingerprint density at radius 3 is 2.71 bits per heavy atom. The molecule has 3 rings (SSSR count). The summed E-state index contributed by atoms with van der Waals surface area (Å²) in [6, 6.07) is 6.22. The van der Waals surface area contributed by atoms with Gasteiger partial charge in [0, 0.05) is 24.7 Å². The minimum absolute atomic E-state index is 0.0661. The lowest BCUT2D eigenvalue weighted by Gasteiger charge is -2.28. The molecule has 1 aromatic heterocycles. The molecule has 0 bridgehead atoms. The van der Waals surface area contributed by atoms with Crippen LogP contribution in [0.15, 0.2) is 18.2 Å². The highest BCUT2D eigenvalue weighted by molar-refractivity contribution is 7.18. The number of hydrogen-bond acceptors (Lipinski definition) is 9. The van der Waals surface area contributed by atoms with E-state index in [1.54, 1.807) is 13.8 Å². The molecule has 1 aliphatic rings. The van der Waals surface area contributed by atoms with Crippen LogP contribution in [0.1, 0.15) is 38.1 Å². The summed E-state index contributed by atoms with van der Waals surface area (Å²) in [4.78, 5) is 38.0.